The van der Waals surface area contributed by atoms with Gasteiger partial charge in [-0.3, -0.25) is 4.90 Å². The van der Waals surface area contributed by atoms with Gasteiger partial charge in [-0.1, -0.05) is 6.07 Å². The third-order valence-electron chi connectivity index (χ3n) is 2.46. The number of nitrogens with zero attached hydrogens (tertiary/aromatic N) is 2. The first-order chi connectivity index (χ1) is 8.67. The number of hydrazine groups is 1. The fourth-order valence-corrected chi connectivity index (χ4v) is 2.92. The highest BCUT2D eigenvalue weighted by Gasteiger charge is 2.05. The molecule has 0 atom stereocenters. The molecule has 18 heavy (non-hydrogen) atoms. The number of nitrogen functional groups attached to an aromatic ring is 1. The van der Waals surface area contributed by atoms with Crippen molar-refractivity contribution in [2.45, 2.75) is 13.1 Å². The minimum absolute atomic E-state index is 0.694. The summed E-state index contributed by atoms with van der Waals surface area (Å²) in [7, 11) is 2.08. The summed E-state index contributed by atoms with van der Waals surface area (Å²) in [4.78, 5) is 6.61. The summed E-state index contributed by atoms with van der Waals surface area (Å²) in [5, 5.41) is 2.16. The molecule has 96 valence electrons. The van der Waals surface area contributed by atoms with E-state index in [1.54, 1.807) is 11.3 Å². The van der Waals surface area contributed by atoms with Gasteiger partial charge in [0.15, 0.2) is 0 Å². The van der Waals surface area contributed by atoms with Crippen LogP contribution in [-0.4, -0.2) is 16.9 Å². The highest BCUT2D eigenvalue weighted by atomic mass is 79.9. The number of pyridine rings is 1. The van der Waals surface area contributed by atoms with Crippen molar-refractivity contribution in [1.29, 1.82) is 0 Å². The largest absolute Gasteiger partial charge is 0.308 e. The fourth-order valence-electron chi connectivity index (χ4n) is 1.72. The Morgan fingerprint density at radius 3 is 2.94 bits per heavy atom. The summed E-state index contributed by atoms with van der Waals surface area (Å²) in [5.41, 5.74) is 4.87. The minimum atomic E-state index is 0.694. The molecule has 0 unspecified atom stereocenters. The van der Waals surface area contributed by atoms with Crippen LogP contribution >= 0.6 is 27.3 Å². The van der Waals surface area contributed by atoms with Gasteiger partial charge in [0.05, 0.1) is 9.48 Å². The van der Waals surface area contributed by atoms with Crippen LogP contribution in [-0.2, 0) is 13.1 Å². The molecule has 3 N–H and O–H groups in total. The van der Waals surface area contributed by atoms with Gasteiger partial charge in [-0.25, -0.2) is 10.8 Å². The van der Waals surface area contributed by atoms with Crippen LogP contribution in [0.2, 0.25) is 0 Å². The van der Waals surface area contributed by atoms with E-state index in [2.05, 4.69) is 49.7 Å². The van der Waals surface area contributed by atoms with Gasteiger partial charge < -0.3 is 5.43 Å². The second-order valence-corrected chi connectivity index (χ2v) is 6.38. The number of thiophene rings is 1. The van der Waals surface area contributed by atoms with Crippen molar-refractivity contribution >= 4 is 33.1 Å². The molecule has 0 saturated heterocycles. The molecular weight excluding hydrogens is 312 g/mol. The number of hydrogen-bond acceptors (Lipinski definition) is 5. The van der Waals surface area contributed by atoms with E-state index in [0.717, 1.165) is 18.8 Å². The maximum Gasteiger partial charge on any atom is 0.140 e. The van der Waals surface area contributed by atoms with E-state index in [1.165, 1.54) is 9.35 Å². The second kappa shape index (κ2) is 6.29. The van der Waals surface area contributed by atoms with Crippen LogP contribution in [0, 0.1) is 0 Å². The Balaban J connectivity index is 1.96. The van der Waals surface area contributed by atoms with Crippen LogP contribution in [0.25, 0.3) is 0 Å². The van der Waals surface area contributed by atoms with Gasteiger partial charge in [0, 0.05) is 13.1 Å². The lowest BCUT2D eigenvalue weighted by Crippen LogP contribution is -2.18. The number of hydrogen-bond donors (Lipinski definition) is 2. The van der Waals surface area contributed by atoms with Crippen LogP contribution < -0.4 is 11.3 Å². The predicted octanol–water partition coefficient (Wildman–Crippen LogP) is 2.82. The van der Waals surface area contributed by atoms with Crippen LogP contribution in [0.5, 0.6) is 0 Å². The third-order valence-corrected chi connectivity index (χ3v) is 4.01. The average molecular weight is 327 g/mol. The van der Waals surface area contributed by atoms with Gasteiger partial charge in [-0.2, -0.15) is 0 Å². The molecule has 0 aliphatic carbocycles. The Morgan fingerprint density at radius 2 is 2.28 bits per heavy atom. The first-order valence-corrected chi connectivity index (χ1v) is 7.18. The van der Waals surface area contributed by atoms with Crippen molar-refractivity contribution in [2.24, 2.45) is 5.84 Å². The lowest BCUT2D eigenvalue weighted by atomic mass is 10.3. The van der Waals surface area contributed by atoms with Crippen LogP contribution in [0.1, 0.15) is 11.3 Å². The smallest absolute Gasteiger partial charge is 0.140 e. The molecule has 0 aliphatic rings. The maximum atomic E-state index is 5.35. The Kier molecular flexibility index (Phi) is 4.71. The first-order valence-electron chi connectivity index (χ1n) is 5.51. The zero-order valence-electron chi connectivity index (χ0n) is 10.1. The number of anilines is 1. The Hall–Kier alpha value is -0.950. The molecule has 0 aromatic carbocycles. The maximum absolute atomic E-state index is 5.35. The van der Waals surface area contributed by atoms with E-state index in [-0.39, 0.29) is 0 Å². The molecule has 2 rings (SSSR count). The van der Waals surface area contributed by atoms with Gasteiger partial charge in [0.1, 0.15) is 5.82 Å². The van der Waals surface area contributed by atoms with E-state index in [1.807, 2.05) is 18.2 Å². The van der Waals surface area contributed by atoms with Crippen molar-refractivity contribution in [3.63, 3.8) is 0 Å². The first kappa shape index (κ1) is 13.5. The molecule has 2 aromatic heterocycles. The van der Waals surface area contributed by atoms with Gasteiger partial charge >= 0.3 is 0 Å². The lowest BCUT2D eigenvalue weighted by molar-refractivity contribution is 0.315. The van der Waals surface area contributed by atoms with Crippen molar-refractivity contribution in [3.8, 4) is 0 Å². The van der Waals surface area contributed by atoms with E-state index in [4.69, 9.17) is 5.84 Å². The molecule has 6 heteroatoms. The summed E-state index contributed by atoms with van der Waals surface area (Å²) < 4.78 is 1.17. The number of aromatic nitrogens is 1. The van der Waals surface area contributed by atoms with E-state index >= 15 is 0 Å². The van der Waals surface area contributed by atoms with Gasteiger partial charge in [0.2, 0.25) is 0 Å². The molecule has 2 heterocycles. The second-order valence-electron chi connectivity index (χ2n) is 4.09. The third kappa shape index (κ3) is 3.78. The monoisotopic (exact) mass is 326 g/mol. The standard InChI is InChI=1S/C12H15BrN4S/c1-17(6-9-5-11(13)18-8-9)7-10-3-2-4-12(15-10)16-14/h2-5,8H,6-7,14H2,1H3,(H,15,16). The van der Waals surface area contributed by atoms with Crippen molar-refractivity contribution in [1.82, 2.24) is 9.88 Å². The number of nitrogens with one attached hydrogen (secondary N) is 1. The predicted molar refractivity (Wildman–Crippen MR) is 79.2 cm³/mol. The molecular formula is C12H15BrN4S. The van der Waals surface area contributed by atoms with E-state index in [0.29, 0.717) is 5.82 Å². The molecule has 0 radical (unpaired) electrons. The molecule has 4 nitrogen and oxygen atoms in total. The minimum Gasteiger partial charge on any atom is -0.308 e. The van der Waals surface area contributed by atoms with Gasteiger partial charge in [-0.05, 0) is 52.1 Å². The molecule has 0 fully saturated rings. The average Bonchev–Trinajstić information content (AvgIpc) is 2.74. The molecule has 0 amide bonds. The van der Waals surface area contributed by atoms with Crippen molar-refractivity contribution < 1.29 is 0 Å². The summed E-state index contributed by atoms with van der Waals surface area (Å²) in [6.45, 7) is 1.70. The molecule has 0 aliphatic heterocycles. The normalized spacial score (nSPS) is 10.9. The van der Waals surface area contributed by atoms with Crippen molar-refractivity contribution in [3.05, 3.63) is 44.7 Å². The highest BCUT2D eigenvalue weighted by molar-refractivity contribution is 9.11. The molecule has 2 aromatic rings. The van der Waals surface area contributed by atoms with E-state index < -0.39 is 0 Å². The molecule has 0 bridgehead atoms. The van der Waals surface area contributed by atoms with Crippen LogP contribution in [0.3, 0.4) is 0 Å². The van der Waals surface area contributed by atoms with Crippen LogP contribution in [0.4, 0.5) is 5.82 Å². The zero-order chi connectivity index (χ0) is 13.0. The number of halogens is 1. The lowest BCUT2D eigenvalue weighted by Gasteiger charge is -2.15. The number of nitrogens with two attached hydrogens (primary N) is 1. The van der Waals surface area contributed by atoms with E-state index in [9.17, 15) is 0 Å². The summed E-state index contributed by atoms with van der Waals surface area (Å²) in [6, 6.07) is 7.94. The summed E-state index contributed by atoms with van der Waals surface area (Å²) in [5.74, 6) is 6.04. The zero-order valence-corrected chi connectivity index (χ0v) is 12.5. The SMILES string of the molecule is CN(Cc1csc(Br)c1)Cc1cccc(NN)n1. The highest BCUT2D eigenvalue weighted by Crippen LogP contribution is 2.21. The van der Waals surface area contributed by atoms with Gasteiger partial charge in [0.25, 0.3) is 0 Å². The quantitative estimate of drug-likeness (QED) is 0.655. The molecule has 0 spiro atoms. The topological polar surface area (TPSA) is 54.2 Å². The van der Waals surface area contributed by atoms with Crippen LogP contribution in [0.15, 0.2) is 33.4 Å². The summed E-state index contributed by atoms with van der Waals surface area (Å²) in [6.07, 6.45) is 0. The Bertz CT molecular complexity index is 514. The van der Waals surface area contributed by atoms with Gasteiger partial charge in [-0.15, -0.1) is 11.3 Å². The number of rotatable bonds is 5. The Morgan fingerprint density at radius 1 is 1.44 bits per heavy atom. The fraction of sp³-hybridized carbons (Fsp3) is 0.250. The summed E-state index contributed by atoms with van der Waals surface area (Å²) >= 11 is 5.18. The Labute approximate surface area is 119 Å². The molecule has 0 saturated carbocycles. The van der Waals surface area contributed by atoms with Crippen molar-refractivity contribution in [2.75, 3.05) is 12.5 Å².